The highest BCUT2D eigenvalue weighted by molar-refractivity contribution is 6.22. The van der Waals surface area contributed by atoms with Gasteiger partial charge in [0.05, 0.1) is 11.1 Å². The van der Waals surface area contributed by atoms with Crippen LogP contribution in [0.2, 0.25) is 0 Å². The first kappa shape index (κ1) is 20.3. The zero-order chi connectivity index (χ0) is 21.0. The van der Waals surface area contributed by atoms with Gasteiger partial charge < -0.3 is 10.1 Å². The molecular weight excluding hydrogens is 372 g/mol. The Morgan fingerprint density at radius 1 is 1.00 bits per heavy atom. The number of hydrogen-bond donors (Lipinski definition) is 1. The van der Waals surface area contributed by atoms with E-state index in [9.17, 15) is 19.2 Å². The van der Waals surface area contributed by atoms with Crippen LogP contribution in [0.15, 0.2) is 48.5 Å². The monoisotopic (exact) mass is 394 g/mol. The summed E-state index contributed by atoms with van der Waals surface area (Å²) in [5.41, 5.74) is 2.78. The van der Waals surface area contributed by atoms with Gasteiger partial charge in [0.15, 0.2) is 6.61 Å². The van der Waals surface area contributed by atoms with Crippen molar-refractivity contribution in [1.29, 1.82) is 0 Å². The van der Waals surface area contributed by atoms with Gasteiger partial charge in [0.25, 0.3) is 17.7 Å². The molecule has 29 heavy (non-hydrogen) atoms. The van der Waals surface area contributed by atoms with Crippen LogP contribution in [0.4, 0.5) is 0 Å². The van der Waals surface area contributed by atoms with Crippen LogP contribution >= 0.6 is 0 Å². The highest BCUT2D eigenvalue weighted by Gasteiger charge is 2.41. The highest BCUT2D eigenvalue weighted by Crippen LogP contribution is 2.24. The minimum Gasteiger partial charge on any atom is -0.454 e. The molecule has 2 aromatic carbocycles. The fraction of sp³-hybridized carbons (Fsp3) is 0.273. The molecule has 2 aromatic rings. The summed E-state index contributed by atoms with van der Waals surface area (Å²) in [6, 6.07) is 13.1. The van der Waals surface area contributed by atoms with Crippen molar-refractivity contribution in [2.75, 3.05) is 13.2 Å². The normalized spacial score (nSPS) is 13.8. The van der Waals surface area contributed by atoms with Crippen molar-refractivity contribution >= 4 is 23.7 Å². The van der Waals surface area contributed by atoms with Crippen LogP contribution in [0.25, 0.3) is 0 Å². The van der Waals surface area contributed by atoms with Crippen LogP contribution in [0, 0.1) is 6.92 Å². The first-order valence-corrected chi connectivity index (χ1v) is 9.35. The molecule has 1 heterocycles. The fourth-order valence-corrected chi connectivity index (χ4v) is 3.20. The predicted molar refractivity (Wildman–Crippen MR) is 105 cm³/mol. The number of ether oxygens (including phenoxy) is 1. The average molecular weight is 394 g/mol. The van der Waals surface area contributed by atoms with Crippen LogP contribution in [-0.2, 0) is 20.7 Å². The van der Waals surface area contributed by atoms with E-state index in [-0.39, 0.29) is 11.1 Å². The summed E-state index contributed by atoms with van der Waals surface area (Å²) in [5.74, 6) is -2.34. The maximum absolute atomic E-state index is 12.4. The second kappa shape index (κ2) is 8.68. The molecule has 0 saturated heterocycles. The van der Waals surface area contributed by atoms with Crippen molar-refractivity contribution in [3.8, 4) is 0 Å². The Morgan fingerprint density at radius 2 is 1.59 bits per heavy atom. The molecule has 1 aliphatic heterocycles. The third-order valence-corrected chi connectivity index (χ3v) is 4.88. The summed E-state index contributed by atoms with van der Waals surface area (Å²) in [6.07, 6.45) is 0.664. The van der Waals surface area contributed by atoms with Crippen molar-refractivity contribution in [1.82, 2.24) is 10.2 Å². The largest absolute Gasteiger partial charge is 0.454 e. The van der Waals surface area contributed by atoms with Crippen molar-refractivity contribution in [2.45, 2.75) is 26.3 Å². The van der Waals surface area contributed by atoms with E-state index in [2.05, 4.69) is 5.32 Å². The first-order chi connectivity index (χ1) is 13.9. The summed E-state index contributed by atoms with van der Waals surface area (Å²) >= 11 is 0. The summed E-state index contributed by atoms with van der Waals surface area (Å²) in [4.78, 5) is 49.9. The van der Waals surface area contributed by atoms with Crippen molar-refractivity contribution in [2.24, 2.45) is 0 Å². The Hall–Kier alpha value is -3.48. The number of hydrogen-bond acceptors (Lipinski definition) is 5. The van der Waals surface area contributed by atoms with Crippen molar-refractivity contribution < 1.29 is 23.9 Å². The van der Waals surface area contributed by atoms with Crippen LogP contribution in [0.1, 0.15) is 38.8 Å². The molecule has 1 aliphatic rings. The zero-order valence-corrected chi connectivity index (χ0v) is 16.3. The lowest BCUT2D eigenvalue weighted by molar-refractivity contribution is -0.151. The van der Waals surface area contributed by atoms with Gasteiger partial charge in [-0.3, -0.25) is 19.3 Å². The second-order valence-corrected chi connectivity index (χ2v) is 6.84. The number of nitrogens with zero attached hydrogens (tertiary/aromatic N) is 1. The molecule has 3 amide bonds. The number of carbonyl (C=O) groups is 4. The third kappa shape index (κ3) is 4.34. The van der Waals surface area contributed by atoms with Gasteiger partial charge in [0.2, 0.25) is 0 Å². The summed E-state index contributed by atoms with van der Waals surface area (Å²) < 4.78 is 5.00. The van der Waals surface area contributed by atoms with Gasteiger partial charge >= 0.3 is 5.97 Å². The Labute approximate surface area is 168 Å². The number of imide groups is 1. The standard InChI is InChI=1S/C22H22N2O5/c1-14-7-3-4-8-16(14)11-12-23-19(25)13-29-22(28)15(2)24-20(26)17-9-5-6-10-18(17)21(24)27/h3-10,15H,11-13H2,1-2H3,(H,23,25)/t15-/m0/s1. The molecule has 0 spiro atoms. The van der Waals surface area contributed by atoms with E-state index in [0.29, 0.717) is 13.0 Å². The van der Waals surface area contributed by atoms with Crippen LogP contribution < -0.4 is 5.32 Å². The van der Waals surface area contributed by atoms with Crippen molar-refractivity contribution in [3.63, 3.8) is 0 Å². The minimum absolute atomic E-state index is 0.256. The van der Waals surface area contributed by atoms with E-state index in [0.717, 1.165) is 16.0 Å². The molecule has 1 atom stereocenters. The number of carbonyl (C=O) groups excluding carboxylic acids is 4. The topological polar surface area (TPSA) is 92.8 Å². The number of fused-ring (bicyclic) bond motifs is 1. The van der Waals surface area contributed by atoms with Gasteiger partial charge in [-0.1, -0.05) is 36.4 Å². The maximum Gasteiger partial charge on any atom is 0.329 e. The van der Waals surface area contributed by atoms with Gasteiger partial charge in [-0.05, 0) is 43.5 Å². The van der Waals surface area contributed by atoms with Crippen LogP contribution in [-0.4, -0.2) is 47.8 Å². The van der Waals surface area contributed by atoms with Gasteiger partial charge in [0.1, 0.15) is 6.04 Å². The Balaban J connectivity index is 1.48. The minimum atomic E-state index is -1.12. The van der Waals surface area contributed by atoms with Crippen molar-refractivity contribution in [3.05, 3.63) is 70.8 Å². The molecule has 7 nitrogen and oxygen atoms in total. The average Bonchev–Trinajstić information content (AvgIpc) is 2.97. The summed E-state index contributed by atoms with van der Waals surface area (Å²) in [5, 5.41) is 2.69. The lowest BCUT2D eigenvalue weighted by Gasteiger charge is -2.20. The molecule has 1 N–H and O–H groups in total. The van der Waals surface area contributed by atoms with E-state index >= 15 is 0 Å². The number of esters is 1. The predicted octanol–water partition coefficient (Wildman–Crippen LogP) is 1.88. The third-order valence-electron chi connectivity index (χ3n) is 4.88. The molecule has 7 heteroatoms. The van der Waals surface area contributed by atoms with Gasteiger partial charge in [0, 0.05) is 6.54 Å². The SMILES string of the molecule is Cc1ccccc1CCNC(=O)COC(=O)[C@H](C)N1C(=O)c2ccccc2C1=O. The van der Waals surface area contributed by atoms with E-state index in [1.807, 2.05) is 31.2 Å². The molecule has 150 valence electrons. The number of aryl methyl sites for hydroxylation is 1. The molecule has 0 radical (unpaired) electrons. The molecule has 3 rings (SSSR count). The molecule has 0 aliphatic carbocycles. The first-order valence-electron chi connectivity index (χ1n) is 9.35. The Kier molecular flexibility index (Phi) is 6.07. The number of amides is 3. The molecule has 0 unspecified atom stereocenters. The maximum atomic E-state index is 12.4. The Morgan fingerprint density at radius 3 is 2.21 bits per heavy atom. The van der Waals surface area contributed by atoms with E-state index in [1.54, 1.807) is 12.1 Å². The number of rotatable bonds is 7. The second-order valence-electron chi connectivity index (χ2n) is 6.84. The summed E-state index contributed by atoms with van der Waals surface area (Å²) in [6.45, 7) is 3.34. The number of benzene rings is 2. The zero-order valence-electron chi connectivity index (χ0n) is 16.3. The lowest BCUT2D eigenvalue weighted by Crippen LogP contribution is -2.44. The smallest absolute Gasteiger partial charge is 0.329 e. The molecule has 0 bridgehead atoms. The molecular formula is C22H22N2O5. The van der Waals surface area contributed by atoms with Crippen LogP contribution in [0.5, 0.6) is 0 Å². The van der Waals surface area contributed by atoms with Gasteiger partial charge in [-0.2, -0.15) is 0 Å². The van der Waals surface area contributed by atoms with E-state index < -0.39 is 36.3 Å². The fourth-order valence-electron chi connectivity index (χ4n) is 3.20. The quantitative estimate of drug-likeness (QED) is 0.572. The Bertz CT molecular complexity index is 934. The highest BCUT2D eigenvalue weighted by atomic mass is 16.5. The number of nitrogens with one attached hydrogen (secondary N) is 1. The molecule has 0 aromatic heterocycles. The lowest BCUT2D eigenvalue weighted by atomic mass is 10.1. The van der Waals surface area contributed by atoms with E-state index in [4.69, 9.17) is 4.74 Å². The molecule has 0 fully saturated rings. The summed E-state index contributed by atoms with van der Waals surface area (Å²) in [7, 11) is 0. The van der Waals surface area contributed by atoms with Gasteiger partial charge in [-0.15, -0.1) is 0 Å². The molecule has 0 saturated carbocycles. The van der Waals surface area contributed by atoms with E-state index in [1.165, 1.54) is 19.1 Å². The van der Waals surface area contributed by atoms with Crippen LogP contribution in [0.3, 0.4) is 0 Å². The van der Waals surface area contributed by atoms with Gasteiger partial charge in [-0.25, -0.2) is 4.79 Å².